The monoisotopic (exact) mass is 261 g/mol. The Morgan fingerprint density at radius 1 is 1.47 bits per heavy atom. The molecule has 0 aromatic heterocycles. The molecule has 0 aliphatic carbocycles. The lowest BCUT2D eigenvalue weighted by Gasteiger charge is -2.20. The van der Waals surface area contributed by atoms with E-state index in [0.29, 0.717) is 12.1 Å². The second-order valence-corrected chi connectivity index (χ2v) is 5.16. The van der Waals surface area contributed by atoms with Crippen molar-refractivity contribution in [2.75, 3.05) is 5.32 Å². The highest BCUT2D eigenvalue weighted by atomic mass is 16.6. The molecule has 0 fully saturated rings. The van der Waals surface area contributed by atoms with Crippen molar-refractivity contribution in [2.45, 2.75) is 39.3 Å². The highest BCUT2D eigenvalue weighted by Gasteiger charge is 2.17. The molecule has 0 bridgehead atoms. The zero-order valence-electron chi connectivity index (χ0n) is 11.5. The number of rotatable bonds is 3. The highest BCUT2D eigenvalue weighted by molar-refractivity contribution is 5.86. The number of carbonyl (C=O) groups excluding carboxylic acids is 1. The number of amides is 1. The zero-order valence-corrected chi connectivity index (χ0v) is 11.5. The molecule has 5 nitrogen and oxygen atoms in total. The van der Waals surface area contributed by atoms with Gasteiger partial charge < -0.3 is 10.5 Å². The lowest BCUT2D eigenvalue weighted by Crippen LogP contribution is -2.27. The van der Waals surface area contributed by atoms with Gasteiger partial charge in [0.1, 0.15) is 5.60 Å². The van der Waals surface area contributed by atoms with Gasteiger partial charge in [0.05, 0.1) is 12.5 Å². The highest BCUT2D eigenvalue weighted by Crippen LogP contribution is 2.19. The van der Waals surface area contributed by atoms with Crippen molar-refractivity contribution in [3.63, 3.8) is 0 Å². The van der Waals surface area contributed by atoms with Crippen LogP contribution in [0.1, 0.15) is 31.9 Å². The number of anilines is 1. The number of hydrogen-bond donors (Lipinski definition) is 2. The summed E-state index contributed by atoms with van der Waals surface area (Å²) in [7, 11) is 0. The van der Waals surface area contributed by atoms with E-state index in [1.54, 1.807) is 32.9 Å². The molecule has 5 heteroatoms. The Kier molecular flexibility index (Phi) is 4.90. The third kappa shape index (κ3) is 4.98. The molecule has 0 saturated heterocycles. The molecule has 0 saturated carbocycles. The van der Waals surface area contributed by atoms with E-state index in [4.69, 9.17) is 15.7 Å². The summed E-state index contributed by atoms with van der Waals surface area (Å²) in [6.45, 7) is 5.68. The second-order valence-electron chi connectivity index (χ2n) is 5.16. The number of carbonyl (C=O) groups is 1. The zero-order chi connectivity index (χ0) is 14.5. The van der Waals surface area contributed by atoms with Crippen molar-refractivity contribution in [1.29, 1.82) is 5.26 Å². The van der Waals surface area contributed by atoms with Gasteiger partial charge in [-0.3, -0.25) is 5.32 Å². The average Bonchev–Trinajstić information content (AvgIpc) is 2.29. The molecule has 19 heavy (non-hydrogen) atoms. The van der Waals surface area contributed by atoms with Crippen LogP contribution in [-0.2, 0) is 17.7 Å². The van der Waals surface area contributed by atoms with Gasteiger partial charge in [-0.05, 0) is 38.0 Å². The maximum absolute atomic E-state index is 11.7. The number of nitrogens with two attached hydrogens (primary N) is 1. The average molecular weight is 261 g/mol. The van der Waals surface area contributed by atoms with Gasteiger partial charge in [-0.25, -0.2) is 4.79 Å². The van der Waals surface area contributed by atoms with Gasteiger partial charge in [0.25, 0.3) is 0 Å². The van der Waals surface area contributed by atoms with Crippen LogP contribution in [0.5, 0.6) is 0 Å². The largest absolute Gasteiger partial charge is 0.444 e. The number of nitriles is 1. The van der Waals surface area contributed by atoms with Gasteiger partial charge in [-0.15, -0.1) is 0 Å². The molecule has 0 aliphatic rings. The molecule has 0 spiro atoms. The van der Waals surface area contributed by atoms with Crippen molar-refractivity contribution in [2.24, 2.45) is 5.73 Å². The van der Waals surface area contributed by atoms with Crippen LogP contribution in [-0.4, -0.2) is 11.7 Å². The van der Waals surface area contributed by atoms with E-state index in [9.17, 15) is 4.79 Å². The van der Waals surface area contributed by atoms with Crippen molar-refractivity contribution in [3.8, 4) is 6.07 Å². The summed E-state index contributed by atoms with van der Waals surface area (Å²) >= 11 is 0. The third-order valence-electron chi connectivity index (χ3n) is 2.31. The van der Waals surface area contributed by atoms with Crippen LogP contribution < -0.4 is 11.1 Å². The molecule has 0 heterocycles. The Morgan fingerprint density at radius 2 is 2.16 bits per heavy atom. The van der Waals surface area contributed by atoms with Crippen LogP contribution >= 0.6 is 0 Å². The SMILES string of the molecule is CC(C)(C)OC(=O)Nc1ccc(CC#N)cc1CN. The van der Waals surface area contributed by atoms with E-state index in [-0.39, 0.29) is 6.54 Å². The standard InChI is InChI=1S/C14H19N3O2/c1-14(2,3)19-13(18)17-12-5-4-10(6-7-15)8-11(12)9-16/h4-5,8H,6,9,16H2,1-3H3,(H,17,18). The predicted octanol–water partition coefficient (Wildman–Crippen LogP) is 2.56. The molecule has 1 aromatic carbocycles. The number of nitrogens with zero attached hydrogens (tertiary/aromatic N) is 1. The summed E-state index contributed by atoms with van der Waals surface area (Å²) in [4.78, 5) is 11.7. The van der Waals surface area contributed by atoms with E-state index in [1.807, 2.05) is 6.07 Å². The first kappa shape index (κ1) is 15.0. The number of hydrogen-bond acceptors (Lipinski definition) is 4. The van der Waals surface area contributed by atoms with Crippen LogP contribution in [0.15, 0.2) is 18.2 Å². The van der Waals surface area contributed by atoms with E-state index >= 15 is 0 Å². The van der Waals surface area contributed by atoms with Crippen molar-refractivity contribution in [3.05, 3.63) is 29.3 Å². The lowest BCUT2D eigenvalue weighted by molar-refractivity contribution is 0.0636. The lowest BCUT2D eigenvalue weighted by atomic mass is 10.1. The smallest absolute Gasteiger partial charge is 0.412 e. The maximum Gasteiger partial charge on any atom is 0.412 e. The van der Waals surface area contributed by atoms with E-state index in [0.717, 1.165) is 11.1 Å². The van der Waals surface area contributed by atoms with Crippen LogP contribution in [0.2, 0.25) is 0 Å². The molecule has 0 radical (unpaired) electrons. The fraction of sp³-hybridized carbons (Fsp3) is 0.429. The first-order chi connectivity index (χ1) is 8.85. The van der Waals surface area contributed by atoms with E-state index in [2.05, 4.69) is 11.4 Å². The Bertz CT molecular complexity index is 498. The van der Waals surface area contributed by atoms with Gasteiger partial charge in [-0.1, -0.05) is 12.1 Å². The topological polar surface area (TPSA) is 88.1 Å². The number of nitrogens with one attached hydrogen (secondary N) is 1. The first-order valence-electron chi connectivity index (χ1n) is 6.04. The molecule has 102 valence electrons. The van der Waals surface area contributed by atoms with Crippen LogP contribution in [0.25, 0.3) is 0 Å². The van der Waals surface area contributed by atoms with Crippen molar-refractivity contribution in [1.82, 2.24) is 0 Å². The minimum absolute atomic E-state index is 0.282. The molecular formula is C14H19N3O2. The molecule has 0 aliphatic heterocycles. The summed E-state index contributed by atoms with van der Waals surface area (Å²) in [5, 5.41) is 11.3. The molecule has 0 unspecified atom stereocenters. The minimum atomic E-state index is -0.548. The van der Waals surface area contributed by atoms with Gasteiger partial charge in [-0.2, -0.15) is 5.26 Å². The van der Waals surface area contributed by atoms with Gasteiger partial charge in [0.2, 0.25) is 0 Å². The molecule has 1 aromatic rings. The number of benzene rings is 1. The normalized spacial score (nSPS) is 10.7. The Labute approximate surface area is 113 Å². The summed E-state index contributed by atoms with van der Waals surface area (Å²) in [5.74, 6) is 0. The summed E-state index contributed by atoms with van der Waals surface area (Å²) in [6.07, 6.45) is -0.199. The quantitative estimate of drug-likeness (QED) is 0.875. The predicted molar refractivity (Wildman–Crippen MR) is 73.5 cm³/mol. The first-order valence-corrected chi connectivity index (χ1v) is 6.04. The fourth-order valence-corrected chi connectivity index (χ4v) is 1.55. The summed E-state index contributed by atoms with van der Waals surface area (Å²) in [5.41, 5.74) is 7.35. The molecule has 1 rings (SSSR count). The van der Waals surface area contributed by atoms with Gasteiger partial charge in [0.15, 0.2) is 0 Å². The maximum atomic E-state index is 11.7. The van der Waals surface area contributed by atoms with E-state index < -0.39 is 11.7 Å². The second kappa shape index (κ2) is 6.21. The Balaban J connectivity index is 2.84. The van der Waals surface area contributed by atoms with Gasteiger partial charge >= 0.3 is 6.09 Å². The summed E-state index contributed by atoms with van der Waals surface area (Å²) in [6, 6.07) is 7.41. The van der Waals surface area contributed by atoms with Crippen LogP contribution in [0.3, 0.4) is 0 Å². The third-order valence-corrected chi connectivity index (χ3v) is 2.31. The van der Waals surface area contributed by atoms with Crippen molar-refractivity contribution < 1.29 is 9.53 Å². The molecule has 3 N–H and O–H groups in total. The molecule has 1 amide bonds. The number of ether oxygens (including phenoxy) is 1. The Hall–Kier alpha value is -2.06. The molecular weight excluding hydrogens is 242 g/mol. The van der Waals surface area contributed by atoms with Crippen LogP contribution in [0.4, 0.5) is 10.5 Å². The Morgan fingerprint density at radius 3 is 2.68 bits per heavy atom. The minimum Gasteiger partial charge on any atom is -0.444 e. The molecule has 0 atom stereocenters. The van der Waals surface area contributed by atoms with Crippen molar-refractivity contribution >= 4 is 11.8 Å². The van der Waals surface area contributed by atoms with Crippen LogP contribution in [0, 0.1) is 11.3 Å². The van der Waals surface area contributed by atoms with Gasteiger partial charge in [0, 0.05) is 12.2 Å². The van der Waals surface area contributed by atoms with E-state index in [1.165, 1.54) is 0 Å². The fourth-order valence-electron chi connectivity index (χ4n) is 1.55. The summed E-state index contributed by atoms with van der Waals surface area (Å²) < 4.78 is 5.18.